The van der Waals surface area contributed by atoms with E-state index >= 15 is 0 Å². The summed E-state index contributed by atoms with van der Waals surface area (Å²) in [6.45, 7) is 2.36. The third-order valence-corrected chi connectivity index (χ3v) is 5.07. The van der Waals surface area contributed by atoms with Crippen LogP contribution < -0.4 is 10.6 Å². The van der Waals surface area contributed by atoms with Gasteiger partial charge in [0.2, 0.25) is 0 Å². The number of nitrogens with one attached hydrogen (secondary N) is 2. The molecule has 134 valence electrons. The molecule has 2 saturated carbocycles. The Balaban J connectivity index is 1.75. The van der Waals surface area contributed by atoms with Crippen LogP contribution in [-0.4, -0.2) is 48.7 Å². The zero-order valence-corrected chi connectivity index (χ0v) is 13.3. The lowest BCUT2D eigenvalue weighted by molar-refractivity contribution is -0.204. The zero-order chi connectivity index (χ0) is 17.1. The van der Waals surface area contributed by atoms with Crippen LogP contribution in [0.4, 0.5) is 18.0 Å². The van der Waals surface area contributed by atoms with Gasteiger partial charge in [-0.2, -0.15) is 13.2 Å². The molecular formula is C15H25F3N2O3. The highest BCUT2D eigenvalue weighted by molar-refractivity contribution is 5.74. The van der Waals surface area contributed by atoms with Crippen LogP contribution in [0.3, 0.4) is 0 Å². The van der Waals surface area contributed by atoms with Crippen molar-refractivity contribution in [2.75, 3.05) is 13.2 Å². The number of carbonyl (C=O) groups is 1. The minimum Gasteiger partial charge on any atom is -0.384 e. The highest BCUT2D eigenvalue weighted by Crippen LogP contribution is 2.54. The minimum atomic E-state index is -4.65. The number of amides is 2. The maximum atomic E-state index is 12.2. The zero-order valence-electron chi connectivity index (χ0n) is 13.3. The Kier molecular flexibility index (Phi) is 5.78. The molecule has 0 unspecified atom stereocenters. The fourth-order valence-corrected chi connectivity index (χ4v) is 3.78. The second kappa shape index (κ2) is 7.25. The molecule has 0 bridgehead atoms. The molecule has 5 nitrogen and oxygen atoms in total. The van der Waals surface area contributed by atoms with E-state index in [4.69, 9.17) is 9.84 Å². The van der Waals surface area contributed by atoms with Crippen molar-refractivity contribution in [3.63, 3.8) is 0 Å². The van der Waals surface area contributed by atoms with Crippen LogP contribution in [-0.2, 0) is 4.74 Å². The van der Waals surface area contributed by atoms with E-state index in [1.54, 1.807) is 0 Å². The molecule has 0 aromatic rings. The predicted octanol–water partition coefficient (Wildman–Crippen LogP) is 2.34. The number of aliphatic hydroxyl groups is 1. The maximum Gasteiger partial charge on any atom is 0.414 e. The van der Waals surface area contributed by atoms with E-state index < -0.39 is 24.7 Å². The van der Waals surface area contributed by atoms with Crippen LogP contribution >= 0.6 is 0 Å². The van der Waals surface area contributed by atoms with Crippen molar-refractivity contribution >= 4 is 6.03 Å². The van der Waals surface area contributed by atoms with Gasteiger partial charge in [0.15, 0.2) is 6.10 Å². The van der Waals surface area contributed by atoms with Gasteiger partial charge in [0.1, 0.15) is 0 Å². The molecule has 0 aliphatic heterocycles. The molecule has 8 heteroatoms. The fourth-order valence-electron chi connectivity index (χ4n) is 3.78. The summed E-state index contributed by atoms with van der Waals surface area (Å²) in [6, 6.07) is -0.473. The van der Waals surface area contributed by atoms with Crippen LogP contribution in [0.2, 0.25) is 0 Å². The fraction of sp³-hybridized carbons (Fsp3) is 0.933. The van der Waals surface area contributed by atoms with Crippen molar-refractivity contribution < 1.29 is 27.8 Å². The number of hydrogen-bond donors (Lipinski definition) is 3. The lowest BCUT2D eigenvalue weighted by Gasteiger charge is -2.53. The summed E-state index contributed by atoms with van der Waals surface area (Å²) in [5.74, 6) is 0. The first-order chi connectivity index (χ1) is 10.8. The smallest absolute Gasteiger partial charge is 0.384 e. The molecule has 0 aromatic carbocycles. The lowest BCUT2D eigenvalue weighted by Crippen LogP contribution is -2.64. The second-order valence-electron chi connectivity index (χ2n) is 6.42. The van der Waals surface area contributed by atoms with E-state index in [1.807, 2.05) is 6.92 Å². The van der Waals surface area contributed by atoms with Crippen LogP contribution in [0, 0.1) is 5.41 Å². The molecule has 0 heterocycles. The number of rotatable bonds is 6. The molecule has 2 fully saturated rings. The predicted molar refractivity (Wildman–Crippen MR) is 77.9 cm³/mol. The molecule has 2 amide bonds. The van der Waals surface area contributed by atoms with Crippen molar-refractivity contribution in [3.8, 4) is 0 Å². The van der Waals surface area contributed by atoms with Crippen LogP contribution in [0.25, 0.3) is 0 Å². The second-order valence-corrected chi connectivity index (χ2v) is 6.42. The Bertz CT molecular complexity index is 411. The van der Waals surface area contributed by atoms with E-state index in [0.29, 0.717) is 6.61 Å². The Labute approximate surface area is 134 Å². The van der Waals surface area contributed by atoms with Gasteiger partial charge in [0.05, 0.1) is 6.10 Å². The summed E-state index contributed by atoms with van der Waals surface area (Å²) in [7, 11) is 0. The SMILES string of the molecule is CCO[C@@H]1C[C@@H](NC(=O)NCC[C@H](O)C(F)(F)F)C12CCCC2. The quantitative estimate of drug-likeness (QED) is 0.696. The average molecular weight is 338 g/mol. The standard InChI is InChI=1S/C15H25F3N2O3/c1-2-23-12-9-10(14(12)6-3-4-7-14)20-13(22)19-8-5-11(21)15(16,17)18/h10-12,21H,2-9H2,1H3,(H2,19,20,22)/t10-,11+,12-/m1/s1. The number of halogens is 3. The van der Waals surface area contributed by atoms with E-state index in [2.05, 4.69) is 10.6 Å². The van der Waals surface area contributed by atoms with Gasteiger partial charge >= 0.3 is 12.2 Å². The van der Waals surface area contributed by atoms with Gasteiger partial charge in [0.25, 0.3) is 0 Å². The first kappa shape index (κ1) is 18.3. The lowest BCUT2D eigenvalue weighted by atomic mass is 9.60. The monoisotopic (exact) mass is 338 g/mol. The van der Waals surface area contributed by atoms with E-state index in [0.717, 1.165) is 32.1 Å². The molecule has 2 aliphatic carbocycles. The molecule has 1 spiro atoms. The Hall–Kier alpha value is -1.02. The Morgan fingerprint density at radius 2 is 2.04 bits per heavy atom. The van der Waals surface area contributed by atoms with Gasteiger partial charge in [-0.05, 0) is 32.6 Å². The van der Waals surface area contributed by atoms with Gasteiger partial charge in [0, 0.05) is 24.6 Å². The molecule has 2 aliphatic rings. The minimum absolute atomic E-state index is 0.00842. The molecule has 3 N–H and O–H groups in total. The van der Waals surface area contributed by atoms with Crippen molar-refractivity contribution in [1.29, 1.82) is 0 Å². The molecule has 2 rings (SSSR count). The van der Waals surface area contributed by atoms with Crippen molar-refractivity contribution in [1.82, 2.24) is 10.6 Å². The molecule has 3 atom stereocenters. The Morgan fingerprint density at radius 1 is 1.39 bits per heavy atom. The summed E-state index contributed by atoms with van der Waals surface area (Å²) in [6.07, 6.45) is -2.46. The summed E-state index contributed by atoms with van der Waals surface area (Å²) in [4.78, 5) is 11.9. The molecule has 0 saturated heterocycles. The summed E-state index contributed by atoms with van der Waals surface area (Å²) in [5, 5.41) is 14.1. The third-order valence-electron chi connectivity index (χ3n) is 5.07. The number of aliphatic hydroxyl groups excluding tert-OH is 1. The number of urea groups is 1. The van der Waals surface area contributed by atoms with E-state index in [-0.39, 0.29) is 24.1 Å². The molecule has 0 aromatic heterocycles. The van der Waals surface area contributed by atoms with E-state index in [1.165, 1.54) is 0 Å². The van der Waals surface area contributed by atoms with Crippen molar-refractivity contribution in [3.05, 3.63) is 0 Å². The van der Waals surface area contributed by atoms with Crippen molar-refractivity contribution in [2.45, 2.75) is 69.9 Å². The van der Waals surface area contributed by atoms with Crippen molar-refractivity contribution in [2.24, 2.45) is 5.41 Å². The highest BCUT2D eigenvalue weighted by Gasteiger charge is 2.57. The highest BCUT2D eigenvalue weighted by atomic mass is 19.4. The van der Waals surface area contributed by atoms with Gasteiger partial charge in [-0.25, -0.2) is 4.79 Å². The van der Waals surface area contributed by atoms with Crippen LogP contribution in [0.5, 0.6) is 0 Å². The summed E-state index contributed by atoms with van der Waals surface area (Å²) in [5.41, 5.74) is -0.0150. The first-order valence-electron chi connectivity index (χ1n) is 8.20. The van der Waals surface area contributed by atoms with Crippen LogP contribution in [0.15, 0.2) is 0 Å². The molecular weight excluding hydrogens is 313 g/mol. The summed E-state index contributed by atoms with van der Waals surface area (Å²) >= 11 is 0. The molecule has 23 heavy (non-hydrogen) atoms. The number of ether oxygens (including phenoxy) is 1. The average Bonchev–Trinajstić information content (AvgIpc) is 2.97. The van der Waals surface area contributed by atoms with Gasteiger partial charge in [-0.15, -0.1) is 0 Å². The van der Waals surface area contributed by atoms with Gasteiger partial charge < -0.3 is 20.5 Å². The maximum absolute atomic E-state index is 12.2. The Morgan fingerprint density at radius 3 is 2.61 bits per heavy atom. The topological polar surface area (TPSA) is 70.6 Å². The first-order valence-corrected chi connectivity index (χ1v) is 8.20. The van der Waals surface area contributed by atoms with Crippen LogP contribution in [0.1, 0.15) is 45.4 Å². The number of hydrogen-bond acceptors (Lipinski definition) is 3. The largest absolute Gasteiger partial charge is 0.414 e. The number of carbonyl (C=O) groups excluding carboxylic acids is 1. The third kappa shape index (κ3) is 4.09. The summed E-state index contributed by atoms with van der Waals surface area (Å²) < 4.78 is 42.3. The van der Waals surface area contributed by atoms with Gasteiger partial charge in [-0.3, -0.25) is 0 Å². The van der Waals surface area contributed by atoms with E-state index in [9.17, 15) is 18.0 Å². The normalized spacial score (nSPS) is 27.5. The molecule has 0 radical (unpaired) electrons. The van der Waals surface area contributed by atoms with Gasteiger partial charge in [-0.1, -0.05) is 12.8 Å². The number of alkyl halides is 3.